The van der Waals surface area contributed by atoms with Crippen molar-refractivity contribution in [2.45, 2.75) is 18.9 Å². The zero-order chi connectivity index (χ0) is 12.1. The van der Waals surface area contributed by atoms with E-state index >= 15 is 0 Å². The lowest BCUT2D eigenvalue weighted by Crippen LogP contribution is -2.16. The molecule has 0 aliphatic carbocycles. The Morgan fingerprint density at radius 2 is 2.41 bits per heavy atom. The van der Waals surface area contributed by atoms with Crippen LogP contribution in [-0.4, -0.2) is 32.7 Å². The van der Waals surface area contributed by atoms with Crippen LogP contribution in [-0.2, 0) is 4.74 Å². The largest absolute Gasteiger partial charge is 0.497 e. The summed E-state index contributed by atoms with van der Waals surface area (Å²) in [4.78, 5) is 10.9. The lowest BCUT2D eigenvalue weighted by Gasteiger charge is -2.13. The Kier molecular flexibility index (Phi) is 3.98. The van der Waals surface area contributed by atoms with E-state index in [1.54, 1.807) is 25.3 Å². The molecule has 1 atom stereocenters. The third-order valence-electron chi connectivity index (χ3n) is 2.79. The van der Waals surface area contributed by atoms with Crippen molar-refractivity contribution in [3.8, 4) is 11.5 Å². The van der Waals surface area contributed by atoms with Gasteiger partial charge in [-0.3, -0.25) is 4.79 Å². The van der Waals surface area contributed by atoms with Crippen LogP contribution < -0.4 is 9.47 Å². The second-order valence-corrected chi connectivity index (χ2v) is 3.97. The molecule has 1 fully saturated rings. The van der Waals surface area contributed by atoms with E-state index in [2.05, 4.69) is 0 Å². The fourth-order valence-electron chi connectivity index (χ4n) is 1.84. The van der Waals surface area contributed by atoms with Crippen LogP contribution in [0.5, 0.6) is 11.5 Å². The number of carbonyl (C=O) groups excluding carboxylic acids is 1. The average molecular weight is 236 g/mol. The Labute approximate surface area is 100 Å². The molecule has 4 heteroatoms. The standard InChI is InChI=1S/C13H16O4/c1-15-11-4-5-13(10(7-11)8-14)17-9-12-3-2-6-16-12/h4-5,7-8,12H,2-3,6,9H2,1H3/t12-/m1/s1. The summed E-state index contributed by atoms with van der Waals surface area (Å²) in [5, 5.41) is 0. The van der Waals surface area contributed by atoms with Gasteiger partial charge in [-0.1, -0.05) is 0 Å². The van der Waals surface area contributed by atoms with Crippen molar-refractivity contribution < 1.29 is 19.0 Å². The van der Waals surface area contributed by atoms with Crippen LogP contribution in [0.3, 0.4) is 0 Å². The molecule has 92 valence electrons. The Bertz CT molecular complexity index is 383. The number of hydrogen-bond donors (Lipinski definition) is 0. The lowest BCUT2D eigenvalue weighted by molar-refractivity contribution is 0.0675. The van der Waals surface area contributed by atoms with E-state index in [1.807, 2.05) is 0 Å². The van der Waals surface area contributed by atoms with Crippen LogP contribution >= 0.6 is 0 Å². The normalized spacial score (nSPS) is 19.0. The Morgan fingerprint density at radius 3 is 3.06 bits per heavy atom. The summed E-state index contributed by atoms with van der Waals surface area (Å²) in [7, 11) is 1.57. The number of rotatable bonds is 5. The summed E-state index contributed by atoms with van der Waals surface area (Å²) in [6.07, 6.45) is 3.02. The smallest absolute Gasteiger partial charge is 0.153 e. The van der Waals surface area contributed by atoms with E-state index < -0.39 is 0 Å². The first-order chi connectivity index (χ1) is 8.33. The molecule has 0 radical (unpaired) electrons. The molecule has 2 rings (SSSR count). The molecule has 1 aromatic rings. The first kappa shape index (κ1) is 11.9. The number of ether oxygens (including phenoxy) is 3. The molecule has 1 aliphatic heterocycles. The monoisotopic (exact) mass is 236 g/mol. The minimum absolute atomic E-state index is 0.150. The van der Waals surface area contributed by atoms with Crippen molar-refractivity contribution in [3.63, 3.8) is 0 Å². The van der Waals surface area contributed by atoms with Crippen LogP contribution in [0.1, 0.15) is 23.2 Å². The average Bonchev–Trinajstić information content (AvgIpc) is 2.89. The van der Waals surface area contributed by atoms with Gasteiger partial charge >= 0.3 is 0 Å². The Hall–Kier alpha value is -1.55. The van der Waals surface area contributed by atoms with Crippen LogP contribution in [0.15, 0.2) is 18.2 Å². The molecule has 1 aliphatic rings. The SMILES string of the molecule is COc1ccc(OC[C@H]2CCCO2)c(C=O)c1. The van der Waals surface area contributed by atoms with Crippen molar-refractivity contribution in [3.05, 3.63) is 23.8 Å². The van der Waals surface area contributed by atoms with Crippen molar-refractivity contribution >= 4 is 6.29 Å². The highest BCUT2D eigenvalue weighted by atomic mass is 16.5. The second-order valence-electron chi connectivity index (χ2n) is 3.97. The lowest BCUT2D eigenvalue weighted by atomic mass is 10.2. The van der Waals surface area contributed by atoms with Crippen LogP contribution in [0, 0.1) is 0 Å². The number of hydrogen-bond acceptors (Lipinski definition) is 4. The fourth-order valence-corrected chi connectivity index (χ4v) is 1.84. The van der Waals surface area contributed by atoms with Gasteiger partial charge < -0.3 is 14.2 Å². The van der Waals surface area contributed by atoms with E-state index in [1.165, 1.54) is 0 Å². The highest BCUT2D eigenvalue weighted by molar-refractivity contribution is 5.80. The summed E-state index contributed by atoms with van der Waals surface area (Å²) in [5.74, 6) is 1.23. The fraction of sp³-hybridized carbons (Fsp3) is 0.462. The van der Waals surface area contributed by atoms with Gasteiger partial charge in [0.2, 0.25) is 0 Å². The van der Waals surface area contributed by atoms with E-state index in [4.69, 9.17) is 14.2 Å². The third-order valence-corrected chi connectivity index (χ3v) is 2.79. The molecule has 1 aromatic carbocycles. The van der Waals surface area contributed by atoms with Gasteiger partial charge in [-0.05, 0) is 31.0 Å². The topological polar surface area (TPSA) is 44.8 Å². The van der Waals surface area contributed by atoms with Gasteiger partial charge in [0.15, 0.2) is 6.29 Å². The number of aldehydes is 1. The summed E-state index contributed by atoms with van der Waals surface area (Å²) in [6, 6.07) is 5.19. The van der Waals surface area contributed by atoms with Gasteiger partial charge in [0, 0.05) is 6.61 Å². The summed E-state index contributed by atoms with van der Waals surface area (Å²) < 4.78 is 16.1. The summed E-state index contributed by atoms with van der Waals surface area (Å²) >= 11 is 0. The minimum atomic E-state index is 0.150. The Morgan fingerprint density at radius 1 is 1.53 bits per heavy atom. The van der Waals surface area contributed by atoms with Gasteiger partial charge in [-0.2, -0.15) is 0 Å². The van der Waals surface area contributed by atoms with Crippen LogP contribution in [0.25, 0.3) is 0 Å². The molecule has 0 unspecified atom stereocenters. The molecular weight excluding hydrogens is 220 g/mol. The molecule has 0 spiro atoms. The number of benzene rings is 1. The molecule has 0 amide bonds. The Balaban J connectivity index is 2.01. The van der Waals surface area contributed by atoms with E-state index in [0.717, 1.165) is 25.7 Å². The first-order valence-corrected chi connectivity index (χ1v) is 5.71. The van der Waals surface area contributed by atoms with Gasteiger partial charge in [-0.25, -0.2) is 0 Å². The van der Waals surface area contributed by atoms with Gasteiger partial charge in [0.25, 0.3) is 0 Å². The second kappa shape index (κ2) is 5.68. The summed E-state index contributed by atoms with van der Waals surface area (Å²) in [5.41, 5.74) is 0.502. The minimum Gasteiger partial charge on any atom is -0.497 e. The maximum Gasteiger partial charge on any atom is 0.153 e. The molecule has 17 heavy (non-hydrogen) atoms. The number of methoxy groups -OCH3 is 1. The van der Waals surface area contributed by atoms with Gasteiger partial charge in [0.1, 0.15) is 18.1 Å². The highest BCUT2D eigenvalue weighted by Crippen LogP contribution is 2.23. The van der Waals surface area contributed by atoms with Crippen molar-refractivity contribution in [1.29, 1.82) is 0 Å². The quantitative estimate of drug-likeness (QED) is 0.734. The van der Waals surface area contributed by atoms with E-state index in [9.17, 15) is 4.79 Å². The van der Waals surface area contributed by atoms with Crippen molar-refractivity contribution in [2.75, 3.05) is 20.3 Å². The van der Waals surface area contributed by atoms with E-state index in [-0.39, 0.29) is 6.10 Å². The van der Waals surface area contributed by atoms with E-state index in [0.29, 0.717) is 23.7 Å². The molecule has 1 heterocycles. The molecular formula is C13H16O4. The first-order valence-electron chi connectivity index (χ1n) is 5.71. The number of carbonyl (C=O) groups is 1. The zero-order valence-electron chi connectivity index (χ0n) is 9.85. The molecule has 0 bridgehead atoms. The molecule has 0 N–H and O–H groups in total. The molecule has 4 nitrogen and oxygen atoms in total. The predicted molar refractivity (Wildman–Crippen MR) is 62.9 cm³/mol. The molecule has 0 aromatic heterocycles. The maximum absolute atomic E-state index is 10.9. The maximum atomic E-state index is 10.9. The molecule has 0 saturated carbocycles. The van der Waals surface area contributed by atoms with Crippen molar-refractivity contribution in [2.24, 2.45) is 0 Å². The van der Waals surface area contributed by atoms with Crippen LogP contribution in [0.2, 0.25) is 0 Å². The zero-order valence-corrected chi connectivity index (χ0v) is 9.85. The van der Waals surface area contributed by atoms with Crippen LogP contribution in [0.4, 0.5) is 0 Å². The van der Waals surface area contributed by atoms with Crippen molar-refractivity contribution in [1.82, 2.24) is 0 Å². The van der Waals surface area contributed by atoms with Gasteiger partial charge in [-0.15, -0.1) is 0 Å². The predicted octanol–water partition coefficient (Wildman–Crippen LogP) is 2.07. The third kappa shape index (κ3) is 2.97. The van der Waals surface area contributed by atoms with Gasteiger partial charge in [0.05, 0.1) is 18.8 Å². The molecule has 1 saturated heterocycles. The highest BCUT2D eigenvalue weighted by Gasteiger charge is 2.16. The summed E-state index contributed by atoms with van der Waals surface area (Å²) in [6.45, 7) is 1.30.